The van der Waals surface area contributed by atoms with Gasteiger partial charge >= 0.3 is 0 Å². The SMILES string of the molecule is CCC1NCCC1C(N)=O.Cl. The predicted molar refractivity (Wildman–Crippen MR) is 46.6 cm³/mol. The quantitative estimate of drug-likeness (QED) is 0.639. The first-order valence-electron chi connectivity index (χ1n) is 3.78. The summed E-state index contributed by atoms with van der Waals surface area (Å²) >= 11 is 0. The smallest absolute Gasteiger partial charge is 0.222 e. The summed E-state index contributed by atoms with van der Waals surface area (Å²) in [6.07, 6.45) is 1.90. The highest BCUT2D eigenvalue weighted by Gasteiger charge is 2.29. The van der Waals surface area contributed by atoms with Crippen molar-refractivity contribution in [2.45, 2.75) is 25.8 Å². The Labute approximate surface area is 73.1 Å². The maximum absolute atomic E-state index is 10.8. The Morgan fingerprint density at radius 2 is 2.36 bits per heavy atom. The highest BCUT2D eigenvalue weighted by atomic mass is 35.5. The minimum Gasteiger partial charge on any atom is -0.369 e. The van der Waals surface area contributed by atoms with Gasteiger partial charge < -0.3 is 11.1 Å². The highest BCUT2D eigenvalue weighted by Crippen LogP contribution is 2.16. The lowest BCUT2D eigenvalue weighted by Crippen LogP contribution is -2.34. The van der Waals surface area contributed by atoms with E-state index in [0.717, 1.165) is 19.4 Å². The van der Waals surface area contributed by atoms with Crippen LogP contribution in [0.15, 0.2) is 0 Å². The Hall–Kier alpha value is -0.280. The lowest BCUT2D eigenvalue weighted by molar-refractivity contribution is -0.122. The second kappa shape index (κ2) is 4.57. The van der Waals surface area contributed by atoms with Gasteiger partial charge in [0.1, 0.15) is 0 Å². The van der Waals surface area contributed by atoms with Crippen molar-refractivity contribution in [3.8, 4) is 0 Å². The van der Waals surface area contributed by atoms with Gasteiger partial charge in [0.25, 0.3) is 0 Å². The number of hydrogen-bond donors (Lipinski definition) is 2. The molecule has 2 unspecified atom stereocenters. The molecule has 1 aliphatic heterocycles. The number of carbonyl (C=O) groups excluding carboxylic acids is 1. The minimum absolute atomic E-state index is 0. The average molecular weight is 179 g/mol. The van der Waals surface area contributed by atoms with Crippen LogP contribution in [-0.2, 0) is 4.79 Å². The first kappa shape index (κ1) is 10.7. The molecule has 0 aromatic carbocycles. The maximum atomic E-state index is 10.8. The van der Waals surface area contributed by atoms with Gasteiger partial charge in [0.05, 0.1) is 5.92 Å². The summed E-state index contributed by atoms with van der Waals surface area (Å²) in [4.78, 5) is 10.8. The van der Waals surface area contributed by atoms with E-state index in [1.807, 2.05) is 0 Å². The molecule has 0 aromatic rings. The molecule has 2 atom stereocenters. The highest BCUT2D eigenvalue weighted by molar-refractivity contribution is 5.85. The summed E-state index contributed by atoms with van der Waals surface area (Å²) in [5.41, 5.74) is 5.18. The average Bonchev–Trinajstić information content (AvgIpc) is 2.33. The van der Waals surface area contributed by atoms with Gasteiger partial charge in [0.15, 0.2) is 0 Å². The van der Waals surface area contributed by atoms with Crippen molar-refractivity contribution in [3.63, 3.8) is 0 Å². The third kappa shape index (κ3) is 2.34. The van der Waals surface area contributed by atoms with Crippen LogP contribution < -0.4 is 11.1 Å². The van der Waals surface area contributed by atoms with E-state index < -0.39 is 0 Å². The van der Waals surface area contributed by atoms with Crippen molar-refractivity contribution < 1.29 is 4.79 Å². The van der Waals surface area contributed by atoms with E-state index in [-0.39, 0.29) is 24.2 Å². The number of hydrogen-bond acceptors (Lipinski definition) is 2. The van der Waals surface area contributed by atoms with Crippen molar-refractivity contribution in [3.05, 3.63) is 0 Å². The topological polar surface area (TPSA) is 55.1 Å². The van der Waals surface area contributed by atoms with Crippen LogP contribution in [0, 0.1) is 5.92 Å². The normalized spacial score (nSPS) is 29.5. The molecule has 1 fully saturated rings. The van der Waals surface area contributed by atoms with Crippen molar-refractivity contribution in [2.75, 3.05) is 6.54 Å². The molecule has 0 radical (unpaired) electrons. The summed E-state index contributed by atoms with van der Waals surface area (Å²) < 4.78 is 0. The first-order valence-corrected chi connectivity index (χ1v) is 3.78. The third-order valence-electron chi connectivity index (χ3n) is 2.15. The number of rotatable bonds is 2. The molecule has 0 spiro atoms. The number of carbonyl (C=O) groups is 1. The van der Waals surface area contributed by atoms with Crippen LogP contribution >= 0.6 is 12.4 Å². The maximum Gasteiger partial charge on any atom is 0.222 e. The van der Waals surface area contributed by atoms with E-state index in [0.29, 0.717) is 6.04 Å². The van der Waals surface area contributed by atoms with Gasteiger partial charge in [-0.2, -0.15) is 0 Å². The molecule has 1 saturated heterocycles. The molecule has 1 heterocycles. The Balaban J connectivity index is 0.000001000. The van der Waals surface area contributed by atoms with Crippen LogP contribution in [-0.4, -0.2) is 18.5 Å². The van der Waals surface area contributed by atoms with Crippen LogP contribution in [0.25, 0.3) is 0 Å². The summed E-state index contributed by atoms with van der Waals surface area (Å²) in [5.74, 6) is -0.0816. The summed E-state index contributed by atoms with van der Waals surface area (Å²) in [7, 11) is 0. The fourth-order valence-electron chi connectivity index (χ4n) is 1.54. The van der Waals surface area contributed by atoms with Crippen molar-refractivity contribution in [1.29, 1.82) is 0 Å². The minimum atomic E-state index is -0.156. The number of halogens is 1. The van der Waals surface area contributed by atoms with Gasteiger partial charge in [-0.3, -0.25) is 4.79 Å². The zero-order valence-electron chi connectivity index (χ0n) is 6.67. The summed E-state index contributed by atoms with van der Waals surface area (Å²) in [6.45, 7) is 3.00. The van der Waals surface area contributed by atoms with Gasteiger partial charge in [-0.05, 0) is 19.4 Å². The van der Waals surface area contributed by atoms with Crippen LogP contribution in [0.2, 0.25) is 0 Å². The Kier molecular flexibility index (Phi) is 4.45. The third-order valence-corrected chi connectivity index (χ3v) is 2.15. The number of nitrogens with one attached hydrogen (secondary N) is 1. The van der Waals surface area contributed by atoms with E-state index >= 15 is 0 Å². The first-order chi connectivity index (χ1) is 4.75. The second-order valence-electron chi connectivity index (χ2n) is 2.77. The largest absolute Gasteiger partial charge is 0.369 e. The monoisotopic (exact) mass is 178 g/mol. The number of primary amides is 1. The van der Waals surface area contributed by atoms with Gasteiger partial charge in [-0.25, -0.2) is 0 Å². The molecular formula is C7H15ClN2O. The molecule has 11 heavy (non-hydrogen) atoms. The number of amides is 1. The zero-order chi connectivity index (χ0) is 7.56. The lowest BCUT2D eigenvalue weighted by Gasteiger charge is -2.13. The van der Waals surface area contributed by atoms with Crippen molar-refractivity contribution >= 4 is 18.3 Å². The molecule has 4 heteroatoms. The molecule has 0 aromatic heterocycles. The van der Waals surface area contributed by atoms with Crippen LogP contribution in [0.1, 0.15) is 19.8 Å². The predicted octanol–water partition coefficient (Wildman–Crippen LogP) is 0.282. The molecule has 3 N–H and O–H groups in total. The fourth-order valence-corrected chi connectivity index (χ4v) is 1.54. The van der Waals surface area contributed by atoms with Gasteiger partial charge in [0.2, 0.25) is 5.91 Å². The van der Waals surface area contributed by atoms with E-state index in [9.17, 15) is 4.79 Å². The second-order valence-corrected chi connectivity index (χ2v) is 2.77. The molecule has 66 valence electrons. The standard InChI is InChI=1S/C7H14N2O.ClH/c1-2-6-5(7(8)10)3-4-9-6;/h5-6,9H,2-4H2,1H3,(H2,8,10);1H. The fraction of sp³-hybridized carbons (Fsp3) is 0.857. The molecule has 0 bridgehead atoms. The van der Waals surface area contributed by atoms with E-state index in [1.54, 1.807) is 0 Å². The number of nitrogens with two attached hydrogens (primary N) is 1. The molecule has 3 nitrogen and oxygen atoms in total. The van der Waals surface area contributed by atoms with E-state index in [4.69, 9.17) is 5.73 Å². The molecule has 1 rings (SSSR count). The van der Waals surface area contributed by atoms with Crippen molar-refractivity contribution in [2.24, 2.45) is 11.7 Å². The van der Waals surface area contributed by atoms with Crippen LogP contribution in [0.3, 0.4) is 0 Å². The Morgan fingerprint density at radius 1 is 1.73 bits per heavy atom. The van der Waals surface area contributed by atoms with Crippen LogP contribution in [0.4, 0.5) is 0 Å². The lowest BCUT2D eigenvalue weighted by atomic mass is 9.98. The molecule has 0 saturated carbocycles. The molecule has 1 amide bonds. The van der Waals surface area contributed by atoms with E-state index in [2.05, 4.69) is 12.2 Å². The molecule has 1 aliphatic rings. The zero-order valence-corrected chi connectivity index (χ0v) is 7.49. The summed E-state index contributed by atoms with van der Waals surface area (Å²) in [5, 5.41) is 3.24. The van der Waals surface area contributed by atoms with E-state index in [1.165, 1.54) is 0 Å². The van der Waals surface area contributed by atoms with Gasteiger partial charge in [-0.1, -0.05) is 6.92 Å². The van der Waals surface area contributed by atoms with Crippen LogP contribution in [0.5, 0.6) is 0 Å². The van der Waals surface area contributed by atoms with Gasteiger partial charge in [-0.15, -0.1) is 12.4 Å². The van der Waals surface area contributed by atoms with Crippen molar-refractivity contribution in [1.82, 2.24) is 5.32 Å². The Morgan fingerprint density at radius 3 is 2.73 bits per heavy atom. The Bertz CT molecular complexity index is 140. The van der Waals surface area contributed by atoms with Gasteiger partial charge in [0, 0.05) is 6.04 Å². The molecular weight excluding hydrogens is 164 g/mol. The summed E-state index contributed by atoms with van der Waals surface area (Å²) in [6, 6.07) is 0.331. The molecule has 0 aliphatic carbocycles.